The third-order valence-electron chi connectivity index (χ3n) is 2.01. The zero-order chi connectivity index (χ0) is 10.6. The van der Waals surface area contributed by atoms with Crippen molar-refractivity contribution in [3.63, 3.8) is 0 Å². The normalized spacial score (nSPS) is 22.1. The van der Waals surface area contributed by atoms with Crippen molar-refractivity contribution >= 4 is 5.91 Å². The summed E-state index contributed by atoms with van der Waals surface area (Å²) < 4.78 is 5.14. The predicted octanol–water partition coefficient (Wildman–Crippen LogP) is -0.701. The molecule has 1 heterocycles. The molecular weight excluding hydrogens is 182 g/mol. The topological polar surface area (TPSA) is 56.6 Å². The second kappa shape index (κ2) is 4.94. The number of carbonyl (C=O) groups excluding carboxylic acids is 1. The van der Waals surface area contributed by atoms with Crippen molar-refractivity contribution in [2.24, 2.45) is 0 Å². The Labute approximate surface area is 83.8 Å². The number of carbonyl (C=O) groups is 1. The van der Waals surface area contributed by atoms with Crippen LogP contribution in [-0.4, -0.2) is 62.1 Å². The Morgan fingerprint density at radius 2 is 2.43 bits per heavy atom. The Morgan fingerprint density at radius 3 is 3.00 bits per heavy atom. The molecule has 5 nitrogen and oxygen atoms in total. The lowest BCUT2D eigenvalue weighted by Gasteiger charge is -2.30. The van der Waals surface area contributed by atoms with E-state index >= 15 is 0 Å². The first-order valence-electron chi connectivity index (χ1n) is 4.57. The zero-order valence-corrected chi connectivity index (χ0v) is 8.56. The van der Waals surface area contributed by atoms with E-state index in [4.69, 9.17) is 10.00 Å². The molecule has 1 atom stereocenters. The van der Waals surface area contributed by atoms with Crippen LogP contribution in [0.3, 0.4) is 0 Å². The van der Waals surface area contributed by atoms with Crippen LogP contribution in [0, 0.1) is 11.3 Å². The molecule has 0 aromatic carbocycles. The fourth-order valence-corrected chi connectivity index (χ4v) is 1.32. The van der Waals surface area contributed by atoms with Crippen LogP contribution in [0.2, 0.25) is 0 Å². The number of amides is 1. The molecule has 0 saturated carbocycles. The Bertz CT molecular complexity index is 247. The van der Waals surface area contributed by atoms with Gasteiger partial charge in [0.1, 0.15) is 0 Å². The van der Waals surface area contributed by atoms with Crippen molar-refractivity contribution in [2.45, 2.75) is 6.10 Å². The maximum absolute atomic E-state index is 11.6. The van der Waals surface area contributed by atoms with E-state index < -0.39 is 6.10 Å². The van der Waals surface area contributed by atoms with Gasteiger partial charge < -0.3 is 14.5 Å². The smallest absolute Gasteiger partial charge is 0.236 e. The molecule has 1 unspecified atom stereocenters. The predicted molar refractivity (Wildman–Crippen MR) is 50.5 cm³/mol. The van der Waals surface area contributed by atoms with Crippen LogP contribution in [0.5, 0.6) is 0 Å². The number of nitriles is 1. The Hall–Kier alpha value is -1.12. The molecule has 1 amide bonds. The second-order valence-electron chi connectivity index (χ2n) is 3.57. The van der Waals surface area contributed by atoms with Gasteiger partial charge in [0.25, 0.3) is 0 Å². The lowest BCUT2D eigenvalue weighted by molar-refractivity contribution is -0.137. The third-order valence-corrected chi connectivity index (χ3v) is 2.01. The summed E-state index contributed by atoms with van der Waals surface area (Å²) >= 11 is 0. The summed E-state index contributed by atoms with van der Waals surface area (Å²) in [6.45, 7) is 1.82. The van der Waals surface area contributed by atoms with Gasteiger partial charge in [-0.2, -0.15) is 5.26 Å². The molecule has 5 heteroatoms. The molecular formula is C9H15N3O2. The average molecular weight is 197 g/mol. The van der Waals surface area contributed by atoms with Crippen LogP contribution in [-0.2, 0) is 9.53 Å². The summed E-state index contributed by atoms with van der Waals surface area (Å²) in [4.78, 5) is 15.1. The van der Waals surface area contributed by atoms with Gasteiger partial charge in [0.05, 0.1) is 25.8 Å². The van der Waals surface area contributed by atoms with Crippen molar-refractivity contribution in [3.8, 4) is 6.07 Å². The molecule has 1 aliphatic rings. The molecule has 1 aliphatic heterocycles. The molecule has 1 fully saturated rings. The van der Waals surface area contributed by atoms with Gasteiger partial charge >= 0.3 is 0 Å². The van der Waals surface area contributed by atoms with Crippen LogP contribution in [0.15, 0.2) is 0 Å². The molecule has 0 bridgehead atoms. The first-order valence-corrected chi connectivity index (χ1v) is 4.57. The van der Waals surface area contributed by atoms with Gasteiger partial charge in [-0.15, -0.1) is 0 Å². The number of morpholine rings is 1. The van der Waals surface area contributed by atoms with Gasteiger partial charge in [0.2, 0.25) is 5.91 Å². The minimum Gasteiger partial charge on any atom is -0.360 e. The maximum atomic E-state index is 11.6. The maximum Gasteiger partial charge on any atom is 0.236 e. The summed E-state index contributed by atoms with van der Waals surface area (Å²) in [6.07, 6.45) is -0.463. The number of likely N-dealkylation sites (N-methyl/N-ethyl adjacent to an activating group) is 1. The Morgan fingerprint density at radius 1 is 1.71 bits per heavy atom. The molecule has 0 radical (unpaired) electrons. The third kappa shape index (κ3) is 2.98. The highest BCUT2D eigenvalue weighted by Crippen LogP contribution is 2.04. The molecule has 0 spiro atoms. The van der Waals surface area contributed by atoms with Crippen molar-refractivity contribution in [1.82, 2.24) is 9.80 Å². The SMILES string of the molecule is CN(C)CC(=O)N1CCOC(C#N)C1. The molecule has 0 aromatic rings. The van der Waals surface area contributed by atoms with Gasteiger partial charge in [-0.3, -0.25) is 4.79 Å². The van der Waals surface area contributed by atoms with E-state index in [9.17, 15) is 4.79 Å². The molecule has 1 saturated heterocycles. The van der Waals surface area contributed by atoms with Crippen LogP contribution < -0.4 is 0 Å². The van der Waals surface area contributed by atoms with E-state index in [1.807, 2.05) is 25.1 Å². The summed E-state index contributed by atoms with van der Waals surface area (Å²) in [5.41, 5.74) is 0. The van der Waals surface area contributed by atoms with Crippen LogP contribution in [0.25, 0.3) is 0 Å². The summed E-state index contributed by atoms with van der Waals surface area (Å²) in [5.74, 6) is 0.0542. The van der Waals surface area contributed by atoms with Crippen LogP contribution >= 0.6 is 0 Å². The van der Waals surface area contributed by atoms with Gasteiger partial charge in [-0.1, -0.05) is 0 Å². The fourth-order valence-electron chi connectivity index (χ4n) is 1.32. The van der Waals surface area contributed by atoms with E-state index in [1.165, 1.54) is 0 Å². The van der Waals surface area contributed by atoms with E-state index in [2.05, 4.69) is 0 Å². The Balaban J connectivity index is 2.44. The first-order chi connectivity index (χ1) is 6.63. The summed E-state index contributed by atoms with van der Waals surface area (Å²) in [5, 5.41) is 8.65. The van der Waals surface area contributed by atoms with Crippen molar-refractivity contribution in [1.29, 1.82) is 5.26 Å². The quantitative estimate of drug-likeness (QED) is 0.587. The summed E-state index contributed by atoms with van der Waals surface area (Å²) in [6, 6.07) is 2.01. The second-order valence-corrected chi connectivity index (χ2v) is 3.57. The van der Waals surface area contributed by atoms with E-state index in [-0.39, 0.29) is 5.91 Å². The van der Waals surface area contributed by atoms with Gasteiger partial charge in [-0.05, 0) is 14.1 Å². The zero-order valence-electron chi connectivity index (χ0n) is 8.56. The molecule has 0 aliphatic carbocycles. The molecule has 0 aromatic heterocycles. The molecule has 78 valence electrons. The van der Waals surface area contributed by atoms with Crippen LogP contribution in [0.4, 0.5) is 0 Å². The summed E-state index contributed by atoms with van der Waals surface area (Å²) in [7, 11) is 3.69. The molecule has 14 heavy (non-hydrogen) atoms. The minimum atomic E-state index is -0.463. The highest BCUT2D eigenvalue weighted by molar-refractivity contribution is 5.78. The molecule has 0 N–H and O–H groups in total. The largest absolute Gasteiger partial charge is 0.360 e. The van der Waals surface area contributed by atoms with Crippen molar-refractivity contribution in [2.75, 3.05) is 40.3 Å². The van der Waals surface area contributed by atoms with Crippen LogP contribution in [0.1, 0.15) is 0 Å². The number of hydrogen-bond donors (Lipinski definition) is 0. The number of rotatable bonds is 2. The van der Waals surface area contributed by atoms with Crippen molar-refractivity contribution in [3.05, 3.63) is 0 Å². The number of hydrogen-bond acceptors (Lipinski definition) is 4. The van der Waals surface area contributed by atoms with Gasteiger partial charge in [-0.25, -0.2) is 0 Å². The van der Waals surface area contributed by atoms with Crippen molar-refractivity contribution < 1.29 is 9.53 Å². The standard InChI is InChI=1S/C9H15N3O2/c1-11(2)7-9(13)12-3-4-14-8(5-10)6-12/h8H,3-4,6-7H2,1-2H3. The highest BCUT2D eigenvalue weighted by atomic mass is 16.5. The fraction of sp³-hybridized carbons (Fsp3) is 0.778. The Kier molecular flexibility index (Phi) is 3.86. The van der Waals surface area contributed by atoms with E-state index in [1.54, 1.807) is 4.90 Å². The minimum absolute atomic E-state index is 0.0542. The van der Waals surface area contributed by atoms with E-state index in [0.717, 1.165) is 0 Å². The van der Waals surface area contributed by atoms with Gasteiger partial charge in [0, 0.05) is 6.54 Å². The number of ether oxygens (including phenoxy) is 1. The van der Waals surface area contributed by atoms with E-state index in [0.29, 0.717) is 26.2 Å². The monoisotopic (exact) mass is 197 g/mol. The average Bonchev–Trinajstić information content (AvgIpc) is 2.17. The lowest BCUT2D eigenvalue weighted by atomic mass is 10.3. The first kappa shape index (κ1) is 11.0. The number of nitrogens with zero attached hydrogens (tertiary/aromatic N) is 3. The van der Waals surface area contributed by atoms with Gasteiger partial charge in [0.15, 0.2) is 6.10 Å². The lowest BCUT2D eigenvalue weighted by Crippen LogP contribution is -2.47. The highest BCUT2D eigenvalue weighted by Gasteiger charge is 2.23. The molecule has 1 rings (SSSR count).